The van der Waals surface area contributed by atoms with Crippen LogP contribution in [0.3, 0.4) is 0 Å². The molecule has 0 aliphatic rings. The number of carbonyl (C=O) groups excluding carboxylic acids is 1. The Morgan fingerprint density at radius 1 is 1.00 bits per heavy atom. The zero-order valence-corrected chi connectivity index (χ0v) is 14.0. The molecule has 20 heavy (non-hydrogen) atoms. The number of hydrogen-bond acceptors (Lipinski definition) is 2. The lowest BCUT2D eigenvalue weighted by atomic mass is 9.89. The summed E-state index contributed by atoms with van der Waals surface area (Å²) in [4.78, 5) is 11.5. The van der Waals surface area contributed by atoms with Gasteiger partial charge in [0.1, 0.15) is 0 Å². The smallest absolute Gasteiger partial charge is 0.305 e. The van der Waals surface area contributed by atoms with Crippen LogP contribution in [0.5, 0.6) is 0 Å². The van der Waals surface area contributed by atoms with Crippen LogP contribution in [-0.2, 0) is 9.53 Å². The molecule has 0 fully saturated rings. The van der Waals surface area contributed by atoms with Crippen molar-refractivity contribution in [2.24, 2.45) is 5.41 Å². The molecule has 0 N–H and O–H groups in total. The van der Waals surface area contributed by atoms with Gasteiger partial charge in [-0.1, -0.05) is 59.1 Å². The lowest BCUT2D eigenvalue weighted by molar-refractivity contribution is -0.143. The van der Waals surface area contributed by atoms with Gasteiger partial charge in [0.15, 0.2) is 0 Å². The van der Waals surface area contributed by atoms with Crippen LogP contribution >= 0.6 is 0 Å². The molecule has 0 bridgehead atoms. The first-order chi connectivity index (χ1) is 9.45. The molecule has 0 aromatic rings. The zero-order chi connectivity index (χ0) is 15.3. The molecule has 0 rings (SSSR count). The summed E-state index contributed by atoms with van der Waals surface area (Å²) < 4.78 is 5.23. The Morgan fingerprint density at radius 3 is 2.25 bits per heavy atom. The molecule has 2 nitrogen and oxygen atoms in total. The summed E-state index contributed by atoms with van der Waals surface area (Å²) in [5.41, 5.74) is 0.369. The third kappa shape index (κ3) is 15.3. The fraction of sp³-hybridized carbons (Fsp3) is 0.833. The van der Waals surface area contributed by atoms with Crippen LogP contribution in [0, 0.1) is 5.41 Å². The molecule has 0 saturated carbocycles. The molecule has 0 unspecified atom stereocenters. The third-order valence-electron chi connectivity index (χ3n) is 3.23. The highest BCUT2D eigenvalue weighted by Gasteiger charge is 2.10. The van der Waals surface area contributed by atoms with Crippen molar-refractivity contribution in [2.75, 3.05) is 6.61 Å². The van der Waals surface area contributed by atoms with Crippen molar-refractivity contribution in [3.63, 3.8) is 0 Å². The van der Waals surface area contributed by atoms with Gasteiger partial charge < -0.3 is 4.74 Å². The van der Waals surface area contributed by atoms with Gasteiger partial charge in [0.2, 0.25) is 0 Å². The predicted octanol–water partition coefficient (Wildman–Crippen LogP) is 5.66. The second-order valence-corrected chi connectivity index (χ2v) is 6.74. The van der Waals surface area contributed by atoms with Crippen molar-refractivity contribution < 1.29 is 9.53 Å². The van der Waals surface area contributed by atoms with Gasteiger partial charge in [-0.15, -0.1) is 0 Å². The van der Waals surface area contributed by atoms with E-state index >= 15 is 0 Å². The van der Waals surface area contributed by atoms with Crippen molar-refractivity contribution in [1.82, 2.24) is 0 Å². The van der Waals surface area contributed by atoms with Crippen molar-refractivity contribution in [2.45, 2.75) is 85.5 Å². The monoisotopic (exact) mass is 282 g/mol. The van der Waals surface area contributed by atoms with E-state index in [0.29, 0.717) is 18.4 Å². The number of hydrogen-bond donors (Lipinski definition) is 0. The summed E-state index contributed by atoms with van der Waals surface area (Å²) in [5.74, 6) is -0.0335. The highest BCUT2D eigenvalue weighted by molar-refractivity contribution is 5.69. The SMILES string of the molecule is CCCC/C=C\CCCOC(=O)CCCCC(C)(C)C. The van der Waals surface area contributed by atoms with E-state index in [1.165, 1.54) is 25.7 Å². The summed E-state index contributed by atoms with van der Waals surface area (Å²) in [7, 11) is 0. The van der Waals surface area contributed by atoms with Gasteiger partial charge in [-0.05, 0) is 37.5 Å². The highest BCUT2D eigenvalue weighted by Crippen LogP contribution is 2.22. The topological polar surface area (TPSA) is 26.3 Å². The number of unbranched alkanes of at least 4 members (excludes halogenated alkanes) is 4. The Hall–Kier alpha value is -0.790. The molecule has 0 saturated heterocycles. The van der Waals surface area contributed by atoms with E-state index in [1.54, 1.807) is 0 Å². The molecule has 0 aliphatic heterocycles. The van der Waals surface area contributed by atoms with Crippen molar-refractivity contribution in [1.29, 1.82) is 0 Å². The zero-order valence-electron chi connectivity index (χ0n) is 14.0. The number of allylic oxidation sites excluding steroid dienone is 2. The van der Waals surface area contributed by atoms with Gasteiger partial charge >= 0.3 is 5.97 Å². The molecular formula is C18H34O2. The molecule has 0 spiro atoms. The highest BCUT2D eigenvalue weighted by atomic mass is 16.5. The fourth-order valence-corrected chi connectivity index (χ4v) is 1.94. The molecular weight excluding hydrogens is 248 g/mol. The number of carbonyl (C=O) groups is 1. The Kier molecular flexibility index (Phi) is 11.5. The minimum absolute atomic E-state index is 0.0335. The second-order valence-electron chi connectivity index (χ2n) is 6.74. The first-order valence-corrected chi connectivity index (χ1v) is 8.26. The molecule has 0 aromatic carbocycles. The first kappa shape index (κ1) is 19.2. The standard InChI is InChI=1S/C18H34O2/c1-5-6-7-8-9-10-13-16-20-17(19)14-11-12-15-18(2,3)4/h8-9H,5-7,10-16H2,1-4H3/b9-8-. The van der Waals surface area contributed by atoms with Crippen LogP contribution in [0.2, 0.25) is 0 Å². The van der Waals surface area contributed by atoms with Crippen molar-refractivity contribution in [3.05, 3.63) is 12.2 Å². The summed E-state index contributed by atoms with van der Waals surface area (Å²) in [6.07, 6.45) is 13.9. The number of esters is 1. The van der Waals surface area contributed by atoms with E-state index < -0.39 is 0 Å². The molecule has 0 aliphatic carbocycles. The van der Waals surface area contributed by atoms with E-state index in [1.807, 2.05) is 0 Å². The summed E-state index contributed by atoms with van der Waals surface area (Å²) in [5, 5.41) is 0. The third-order valence-corrected chi connectivity index (χ3v) is 3.23. The Morgan fingerprint density at radius 2 is 1.65 bits per heavy atom. The minimum atomic E-state index is -0.0335. The van der Waals surface area contributed by atoms with Gasteiger partial charge in [0.05, 0.1) is 6.61 Å². The molecule has 118 valence electrons. The van der Waals surface area contributed by atoms with E-state index in [9.17, 15) is 4.79 Å². The van der Waals surface area contributed by atoms with Crippen LogP contribution < -0.4 is 0 Å². The van der Waals surface area contributed by atoms with Crippen molar-refractivity contribution >= 4 is 5.97 Å². The second kappa shape index (κ2) is 12.0. The molecule has 0 heterocycles. The van der Waals surface area contributed by atoms with Crippen LogP contribution in [-0.4, -0.2) is 12.6 Å². The maximum absolute atomic E-state index is 11.5. The Labute approximate surface area is 126 Å². The van der Waals surface area contributed by atoms with Crippen LogP contribution in [0.1, 0.15) is 85.5 Å². The molecule has 2 heteroatoms. The Bertz CT molecular complexity index is 261. The van der Waals surface area contributed by atoms with Gasteiger partial charge in [0.25, 0.3) is 0 Å². The van der Waals surface area contributed by atoms with E-state index in [0.717, 1.165) is 25.7 Å². The summed E-state index contributed by atoms with van der Waals surface area (Å²) in [6, 6.07) is 0. The number of ether oxygens (including phenoxy) is 1. The molecule has 0 aromatic heterocycles. The molecule has 0 amide bonds. The van der Waals surface area contributed by atoms with Gasteiger partial charge in [0, 0.05) is 6.42 Å². The van der Waals surface area contributed by atoms with Gasteiger partial charge in [-0.2, -0.15) is 0 Å². The largest absolute Gasteiger partial charge is 0.466 e. The van der Waals surface area contributed by atoms with E-state index in [4.69, 9.17) is 4.74 Å². The lowest BCUT2D eigenvalue weighted by Gasteiger charge is -2.17. The minimum Gasteiger partial charge on any atom is -0.466 e. The van der Waals surface area contributed by atoms with Crippen LogP contribution in [0.25, 0.3) is 0 Å². The first-order valence-electron chi connectivity index (χ1n) is 8.26. The average molecular weight is 282 g/mol. The quantitative estimate of drug-likeness (QED) is 0.277. The molecule has 0 radical (unpaired) electrons. The lowest BCUT2D eigenvalue weighted by Crippen LogP contribution is -2.07. The Balaban J connectivity index is 3.35. The number of rotatable bonds is 11. The van der Waals surface area contributed by atoms with E-state index in [2.05, 4.69) is 39.8 Å². The van der Waals surface area contributed by atoms with E-state index in [-0.39, 0.29) is 5.97 Å². The average Bonchev–Trinajstić information content (AvgIpc) is 2.37. The predicted molar refractivity (Wildman–Crippen MR) is 86.8 cm³/mol. The fourth-order valence-electron chi connectivity index (χ4n) is 1.94. The van der Waals surface area contributed by atoms with Gasteiger partial charge in [-0.3, -0.25) is 4.79 Å². The van der Waals surface area contributed by atoms with Gasteiger partial charge in [-0.25, -0.2) is 0 Å². The van der Waals surface area contributed by atoms with Crippen LogP contribution in [0.15, 0.2) is 12.2 Å². The summed E-state index contributed by atoms with van der Waals surface area (Å²) in [6.45, 7) is 9.48. The maximum Gasteiger partial charge on any atom is 0.305 e. The normalized spacial score (nSPS) is 12.0. The molecule has 0 atom stereocenters. The van der Waals surface area contributed by atoms with Crippen molar-refractivity contribution in [3.8, 4) is 0 Å². The van der Waals surface area contributed by atoms with Crippen LogP contribution in [0.4, 0.5) is 0 Å². The maximum atomic E-state index is 11.5. The summed E-state index contributed by atoms with van der Waals surface area (Å²) >= 11 is 0.